The van der Waals surface area contributed by atoms with Gasteiger partial charge in [-0.25, -0.2) is 18.4 Å². The summed E-state index contributed by atoms with van der Waals surface area (Å²) in [7, 11) is 0. The fraction of sp³-hybridized carbons (Fsp3) is 0.294. The Morgan fingerprint density at radius 3 is 2.92 bits per heavy atom. The van der Waals surface area contributed by atoms with Crippen molar-refractivity contribution in [2.24, 2.45) is 0 Å². The summed E-state index contributed by atoms with van der Waals surface area (Å²) in [6.45, 7) is 3.07. The van der Waals surface area contributed by atoms with E-state index in [0.29, 0.717) is 5.65 Å². The van der Waals surface area contributed by atoms with E-state index in [1.54, 1.807) is 6.20 Å². The predicted molar refractivity (Wildman–Crippen MR) is 95.2 cm³/mol. The highest BCUT2D eigenvalue weighted by atomic mass is 19.3. The maximum Gasteiger partial charge on any atom is 0.262 e. The number of aryl methyl sites for hydroxylation is 1. The minimum Gasteiger partial charge on any atom is -0.348 e. The number of hydrogen-bond acceptors (Lipinski definition) is 5. The van der Waals surface area contributed by atoms with Crippen LogP contribution in [-0.4, -0.2) is 42.4 Å². The van der Waals surface area contributed by atoms with Gasteiger partial charge < -0.3 is 10.3 Å². The molecule has 4 rings (SSSR count). The first-order chi connectivity index (χ1) is 12.4. The predicted octanol–water partition coefficient (Wildman–Crippen LogP) is 3.46. The Labute approximate surface area is 147 Å². The summed E-state index contributed by atoms with van der Waals surface area (Å²) in [5, 5.41) is 11.6. The number of fused-ring (bicyclic) bond motifs is 2. The van der Waals surface area contributed by atoms with Crippen LogP contribution in [0.5, 0.6) is 0 Å². The minimum absolute atomic E-state index is 0.163. The molecule has 7 nitrogen and oxygen atoms in total. The van der Waals surface area contributed by atoms with E-state index in [1.165, 1.54) is 0 Å². The van der Waals surface area contributed by atoms with Crippen LogP contribution >= 0.6 is 0 Å². The molecule has 26 heavy (non-hydrogen) atoms. The van der Waals surface area contributed by atoms with Crippen molar-refractivity contribution in [3.63, 3.8) is 0 Å². The standard InChI is InChI=1S/C17H17F2N7/c1-3-26-14-6-10(4-5-13(14)24-25-26)11-7-20-15-12(11)8-21-16(23-15)22-9-17(2,18)19/h4-8H,3,9H2,1-2H3,(H2,20,21,22,23). The van der Waals surface area contributed by atoms with Gasteiger partial charge in [-0.15, -0.1) is 5.10 Å². The SMILES string of the molecule is CCn1nnc2ccc(-c3c[nH]c4nc(NCC(C)(F)F)ncc34)cc21. The van der Waals surface area contributed by atoms with E-state index < -0.39 is 12.5 Å². The molecule has 4 aromatic rings. The molecule has 0 aliphatic carbocycles. The lowest BCUT2D eigenvalue weighted by Gasteiger charge is -2.10. The van der Waals surface area contributed by atoms with Gasteiger partial charge in [0.25, 0.3) is 5.92 Å². The zero-order valence-corrected chi connectivity index (χ0v) is 14.3. The van der Waals surface area contributed by atoms with Crippen molar-refractivity contribution in [3.8, 4) is 11.1 Å². The zero-order chi connectivity index (χ0) is 18.3. The van der Waals surface area contributed by atoms with Gasteiger partial charge in [-0.1, -0.05) is 11.3 Å². The molecule has 0 aliphatic rings. The van der Waals surface area contributed by atoms with Crippen LogP contribution in [0.25, 0.3) is 33.2 Å². The van der Waals surface area contributed by atoms with Gasteiger partial charge in [-0.3, -0.25) is 0 Å². The third-order valence-electron chi connectivity index (χ3n) is 4.11. The van der Waals surface area contributed by atoms with E-state index in [0.717, 1.165) is 41.0 Å². The molecule has 0 amide bonds. The van der Waals surface area contributed by atoms with Crippen molar-refractivity contribution in [2.75, 3.05) is 11.9 Å². The van der Waals surface area contributed by atoms with Gasteiger partial charge in [0.2, 0.25) is 5.95 Å². The molecule has 0 radical (unpaired) electrons. The van der Waals surface area contributed by atoms with Crippen molar-refractivity contribution >= 4 is 28.0 Å². The van der Waals surface area contributed by atoms with Gasteiger partial charge in [0, 0.05) is 36.8 Å². The quantitative estimate of drug-likeness (QED) is 0.571. The molecule has 0 saturated heterocycles. The average Bonchev–Trinajstić information content (AvgIpc) is 3.22. The highest BCUT2D eigenvalue weighted by Gasteiger charge is 2.21. The Bertz CT molecular complexity index is 1080. The van der Waals surface area contributed by atoms with Gasteiger partial charge in [0.05, 0.1) is 12.1 Å². The van der Waals surface area contributed by atoms with Crippen molar-refractivity contribution in [2.45, 2.75) is 26.3 Å². The first kappa shape index (κ1) is 16.4. The average molecular weight is 357 g/mol. The highest BCUT2D eigenvalue weighted by molar-refractivity contribution is 5.95. The van der Waals surface area contributed by atoms with E-state index in [4.69, 9.17) is 0 Å². The van der Waals surface area contributed by atoms with E-state index in [-0.39, 0.29) is 5.95 Å². The number of aromatic nitrogens is 6. The lowest BCUT2D eigenvalue weighted by Crippen LogP contribution is -2.23. The molecule has 9 heteroatoms. The van der Waals surface area contributed by atoms with Crippen LogP contribution in [0.1, 0.15) is 13.8 Å². The number of aromatic amines is 1. The van der Waals surface area contributed by atoms with Crippen LogP contribution < -0.4 is 5.32 Å². The first-order valence-corrected chi connectivity index (χ1v) is 8.24. The number of anilines is 1. The van der Waals surface area contributed by atoms with E-state index in [1.807, 2.05) is 36.0 Å². The summed E-state index contributed by atoms with van der Waals surface area (Å²) >= 11 is 0. The zero-order valence-electron chi connectivity index (χ0n) is 14.3. The van der Waals surface area contributed by atoms with E-state index in [2.05, 4.69) is 30.6 Å². The lowest BCUT2D eigenvalue weighted by atomic mass is 10.1. The molecule has 1 aromatic carbocycles. The van der Waals surface area contributed by atoms with Crippen LogP contribution in [0.15, 0.2) is 30.6 Å². The van der Waals surface area contributed by atoms with E-state index in [9.17, 15) is 8.78 Å². The fourth-order valence-electron chi connectivity index (χ4n) is 2.83. The summed E-state index contributed by atoms with van der Waals surface area (Å²) < 4.78 is 27.8. The van der Waals surface area contributed by atoms with E-state index >= 15 is 0 Å². The molecule has 0 fully saturated rings. The number of rotatable bonds is 5. The Morgan fingerprint density at radius 2 is 2.15 bits per heavy atom. The number of hydrogen-bond donors (Lipinski definition) is 2. The van der Waals surface area contributed by atoms with Crippen molar-refractivity contribution in [1.82, 2.24) is 29.9 Å². The minimum atomic E-state index is -2.83. The first-order valence-electron chi connectivity index (χ1n) is 8.24. The molecular weight excluding hydrogens is 340 g/mol. The second-order valence-electron chi connectivity index (χ2n) is 6.19. The number of nitrogens with one attached hydrogen (secondary N) is 2. The maximum absolute atomic E-state index is 13.0. The monoisotopic (exact) mass is 357 g/mol. The van der Waals surface area contributed by atoms with Crippen molar-refractivity contribution < 1.29 is 8.78 Å². The number of H-pyrrole nitrogens is 1. The van der Waals surface area contributed by atoms with Crippen LogP contribution in [0.3, 0.4) is 0 Å². The van der Waals surface area contributed by atoms with Gasteiger partial charge >= 0.3 is 0 Å². The second-order valence-corrected chi connectivity index (χ2v) is 6.19. The smallest absolute Gasteiger partial charge is 0.262 e. The maximum atomic E-state index is 13.0. The summed E-state index contributed by atoms with van der Waals surface area (Å²) in [6, 6.07) is 5.90. The second kappa shape index (κ2) is 6.01. The molecule has 0 aliphatic heterocycles. The summed E-state index contributed by atoms with van der Waals surface area (Å²) in [5.74, 6) is -2.67. The molecular formula is C17H17F2N7. The number of alkyl halides is 2. The molecule has 0 atom stereocenters. The third kappa shape index (κ3) is 2.96. The Morgan fingerprint density at radius 1 is 1.31 bits per heavy atom. The molecule has 0 spiro atoms. The van der Waals surface area contributed by atoms with Crippen LogP contribution in [0.4, 0.5) is 14.7 Å². The van der Waals surface area contributed by atoms with Crippen LogP contribution in [0.2, 0.25) is 0 Å². The lowest BCUT2D eigenvalue weighted by molar-refractivity contribution is 0.0366. The Kier molecular flexibility index (Phi) is 3.78. The number of nitrogens with zero attached hydrogens (tertiary/aromatic N) is 5. The molecule has 0 bridgehead atoms. The highest BCUT2D eigenvalue weighted by Crippen LogP contribution is 2.30. The van der Waals surface area contributed by atoms with Crippen molar-refractivity contribution in [1.29, 1.82) is 0 Å². The van der Waals surface area contributed by atoms with Crippen molar-refractivity contribution in [3.05, 3.63) is 30.6 Å². The summed E-state index contributed by atoms with van der Waals surface area (Å²) in [5.41, 5.74) is 4.27. The van der Waals surface area contributed by atoms with Crippen LogP contribution in [-0.2, 0) is 6.54 Å². The van der Waals surface area contributed by atoms with Crippen LogP contribution in [0, 0.1) is 0 Å². The summed E-state index contributed by atoms with van der Waals surface area (Å²) in [6.07, 6.45) is 3.46. The molecule has 3 aromatic heterocycles. The molecule has 3 heterocycles. The largest absolute Gasteiger partial charge is 0.348 e. The Hall–Kier alpha value is -3.10. The van der Waals surface area contributed by atoms with Gasteiger partial charge in [-0.2, -0.15) is 4.98 Å². The Balaban J connectivity index is 1.71. The normalized spacial score (nSPS) is 12.2. The summed E-state index contributed by atoms with van der Waals surface area (Å²) in [4.78, 5) is 11.5. The van der Waals surface area contributed by atoms with Gasteiger partial charge in [-0.05, 0) is 24.6 Å². The molecule has 2 N–H and O–H groups in total. The molecule has 0 unspecified atom stereocenters. The molecule has 0 saturated carbocycles. The van der Waals surface area contributed by atoms with Gasteiger partial charge in [0.1, 0.15) is 11.2 Å². The topological polar surface area (TPSA) is 84.3 Å². The molecule has 134 valence electrons. The number of halogens is 2. The number of benzene rings is 1. The third-order valence-corrected chi connectivity index (χ3v) is 4.11. The fourth-order valence-corrected chi connectivity index (χ4v) is 2.83. The van der Waals surface area contributed by atoms with Gasteiger partial charge in [0.15, 0.2) is 0 Å².